The van der Waals surface area contributed by atoms with E-state index in [1.807, 2.05) is 0 Å². The summed E-state index contributed by atoms with van der Waals surface area (Å²) in [6.45, 7) is 1.47. The maximum Gasteiger partial charge on any atom is 0.200 e. The summed E-state index contributed by atoms with van der Waals surface area (Å²) < 4.78 is 58.4. The van der Waals surface area contributed by atoms with Crippen molar-refractivity contribution in [3.05, 3.63) is 53.1 Å². The van der Waals surface area contributed by atoms with Crippen molar-refractivity contribution in [2.24, 2.45) is 0 Å². The first-order chi connectivity index (χ1) is 9.42. The van der Waals surface area contributed by atoms with Gasteiger partial charge >= 0.3 is 0 Å². The molecule has 0 atom stereocenters. The Labute approximate surface area is 114 Å². The molecule has 2 rings (SSSR count). The normalized spacial score (nSPS) is 10.5. The number of halogens is 4. The Kier molecular flexibility index (Phi) is 4.02. The molecule has 20 heavy (non-hydrogen) atoms. The Morgan fingerprint density at radius 2 is 1.55 bits per heavy atom. The van der Waals surface area contributed by atoms with Gasteiger partial charge in [0.1, 0.15) is 23.2 Å². The Morgan fingerprint density at radius 1 is 0.850 bits per heavy atom. The summed E-state index contributed by atoms with van der Waals surface area (Å²) in [6, 6.07) is 3.67. The van der Waals surface area contributed by atoms with Crippen LogP contribution in [0.25, 0.3) is 0 Å². The van der Waals surface area contributed by atoms with Gasteiger partial charge in [-0.25, -0.2) is 17.6 Å². The van der Waals surface area contributed by atoms with Gasteiger partial charge in [0.15, 0.2) is 5.82 Å². The molecule has 0 saturated heterocycles. The highest BCUT2D eigenvalue weighted by Gasteiger charge is 2.16. The molecular formula is C14H10BF4O. The van der Waals surface area contributed by atoms with E-state index < -0.39 is 23.3 Å². The van der Waals surface area contributed by atoms with E-state index in [-0.39, 0.29) is 22.2 Å². The topological polar surface area (TPSA) is 9.23 Å². The van der Waals surface area contributed by atoms with E-state index in [0.29, 0.717) is 6.07 Å². The minimum atomic E-state index is -0.891. The van der Waals surface area contributed by atoms with Gasteiger partial charge in [-0.3, -0.25) is 0 Å². The van der Waals surface area contributed by atoms with Crippen molar-refractivity contribution in [2.45, 2.75) is 6.92 Å². The Balaban J connectivity index is 2.47. The smallest absolute Gasteiger partial charge is 0.200 e. The van der Waals surface area contributed by atoms with Crippen LogP contribution in [-0.2, 0) is 0 Å². The van der Waals surface area contributed by atoms with Crippen LogP contribution >= 0.6 is 0 Å². The highest BCUT2D eigenvalue weighted by molar-refractivity contribution is 6.68. The van der Waals surface area contributed by atoms with Gasteiger partial charge in [-0.05, 0) is 29.5 Å². The Bertz CT molecular complexity index is 658. The molecule has 1 nitrogen and oxygen atoms in total. The Hall–Kier alpha value is -1.98. The van der Waals surface area contributed by atoms with Crippen LogP contribution in [0, 0.1) is 30.2 Å². The van der Waals surface area contributed by atoms with Crippen molar-refractivity contribution in [1.29, 1.82) is 0 Å². The largest absolute Gasteiger partial charge is 0.494 e. The summed E-state index contributed by atoms with van der Waals surface area (Å²) in [6.07, 6.45) is 0. The first kappa shape index (κ1) is 14.4. The molecule has 0 aliphatic heterocycles. The standard InChI is InChI=1S/C14H10BF4O/c1-7-3-9(12(18)6-11(7)17)15-10-4-8(16)5-13(19)14(10)20-2/h3-6H,1-2H3. The second kappa shape index (κ2) is 5.57. The molecule has 0 bridgehead atoms. The third kappa shape index (κ3) is 2.79. The van der Waals surface area contributed by atoms with Crippen LogP contribution in [0.2, 0.25) is 0 Å². The van der Waals surface area contributed by atoms with Crippen molar-refractivity contribution in [1.82, 2.24) is 0 Å². The second-order valence-electron chi connectivity index (χ2n) is 4.28. The summed E-state index contributed by atoms with van der Waals surface area (Å²) in [5, 5.41) is 0. The molecule has 2 aromatic carbocycles. The quantitative estimate of drug-likeness (QED) is 0.619. The molecule has 1 radical (unpaired) electrons. The Morgan fingerprint density at radius 3 is 2.20 bits per heavy atom. The van der Waals surface area contributed by atoms with E-state index in [2.05, 4.69) is 0 Å². The maximum absolute atomic E-state index is 13.7. The number of ether oxygens (including phenoxy) is 1. The molecule has 6 heteroatoms. The first-order valence-electron chi connectivity index (χ1n) is 5.76. The lowest BCUT2D eigenvalue weighted by atomic mass is 9.63. The third-order valence-corrected chi connectivity index (χ3v) is 2.83. The van der Waals surface area contributed by atoms with Gasteiger partial charge in [0.2, 0.25) is 7.28 Å². The zero-order valence-electron chi connectivity index (χ0n) is 10.8. The molecule has 0 aliphatic carbocycles. The van der Waals surface area contributed by atoms with Gasteiger partial charge in [-0.15, -0.1) is 0 Å². The molecule has 0 aromatic heterocycles. The van der Waals surface area contributed by atoms with Gasteiger partial charge in [0, 0.05) is 12.1 Å². The molecular weight excluding hydrogens is 271 g/mol. The zero-order chi connectivity index (χ0) is 14.9. The van der Waals surface area contributed by atoms with E-state index in [1.165, 1.54) is 27.4 Å². The second-order valence-corrected chi connectivity index (χ2v) is 4.28. The minimum absolute atomic E-state index is 0.0206. The first-order valence-corrected chi connectivity index (χ1v) is 5.76. The maximum atomic E-state index is 13.7. The van der Waals surface area contributed by atoms with E-state index in [0.717, 1.165) is 12.1 Å². The molecule has 0 fully saturated rings. The minimum Gasteiger partial charge on any atom is -0.494 e. The summed E-state index contributed by atoms with van der Waals surface area (Å²) in [5.41, 5.74) is 0.288. The molecule has 0 saturated carbocycles. The lowest BCUT2D eigenvalue weighted by Gasteiger charge is -2.10. The molecule has 0 spiro atoms. The van der Waals surface area contributed by atoms with Crippen LogP contribution in [0.5, 0.6) is 5.75 Å². The van der Waals surface area contributed by atoms with Crippen molar-refractivity contribution in [2.75, 3.05) is 7.11 Å². The van der Waals surface area contributed by atoms with Crippen LogP contribution in [0.1, 0.15) is 5.56 Å². The molecule has 0 aliphatic rings. The van der Waals surface area contributed by atoms with Gasteiger partial charge in [-0.2, -0.15) is 0 Å². The fourth-order valence-corrected chi connectivity index (χ4v) is 1.86. The van der Waals surface area contributed by atoms with Gasteiger partial charge in [0.25, 0.3) is 0 Å². The van der Waals surface area contributed by atoms with Crippen molar-refractivity contribution < 1.29 is 22.3 Å². The van der Waals surface area contributed by atoms with E-state index in [4.69, 9.17) is 4.74 Å². The number of aryl methyl sites for hydroxylation is 1. The van der Waals surface area contributed by atoms with Crippen LogP contribution in [0.4, 0.5) is 17.6 Å². The monoisotopic (exact) mass is 281 g/mol. The summed E-state index contributed by atoms with van der Waals surface area (Å²) >= 11 is 0. The van der Waals surface area contributed by atoms with Crippen molar-refractivity contribution in [3.8, 4) is 5.75 Å². The van der Waals surface area contributed by atoms with Gasteiger partial charge in [0.05, 0.1) is 7.11 Å². The number of hydrogen-bond acceptors (Lipinski definition) is 1. The van der Waals surface area contributed by atoms with Crippen LogP contribution in [0.3, 0.4) is 0 Å². The van der Waals surface area contributed by atoms with Gasteiger partial charge in [-0.1, -0.05) is 6.07 Å². The third-order valence-electron chi connectivity index (χ3n) is 2.83. The molecule has 0 heterocycles. The summed E-state index contributed by atoms with van der Waals surface area (Å²) in [5.74, 6) is -3.41. The van der Waals surface area contributed by atoms with E-state index in [9.17, 15) is 17.6 Å². The van der Waals surface area contributed by atoms with Crippen molar-refractivity contribution >= 4 is 18.2 Å². The average molecular weight is 281 g/mol. The van der Waals surface area contributed by atoms with E-state index in [1.54, 1.807) is 0 Å². The molecule has 0 N–H and O–H groups in total. The van der Waals surface area contributed by atoms with Crippen LogP contribution in [-0.4, -0.2) is 14.4 Å². The van der Waals surface area contributed by atoms with Crippen LogP contribution < -0.4 is 15.7 Å². The highest BCUT2D eigenvalue weighted by atomic mass is 19.1. The summed E-state index contributed by atoms with van der Waals surface area (Å²) in [7, 11) is 2.42. The predicted octanol–water partition coefficient (Wildman–Crippen LogP) is 2.22. The molecule has 2 aromatic rings. The average Bonchev–Trinajstić information content (AvgIpc) is 2.35. The highest BCUT2D eigenvalue weighted by Crippen LogP contribution is 2.15. The fraction of sp³-hybridized carbons (Fsp3) is 0.143. The lowest BCUT2D eigenvalue weighted by Crippen LogP contribution is -2.32. The van der Waals surface area contributed by atoms with Crippen LogP contribution in [0.15, 0.2) is 24.3 Å². The number of benzene rings is 2. The summed E-state index contributed by atoms with van der Waals surface area (Å²) in [4.78, 5) is 0. The number of hydrogen-bond donors (Lipinski definition) is 0. The SMILES string of the molecule is COc1c(F)cc(F)cc1[B]c1cc(C)c(F)cc1F. The fourth-order valence-electron chi connectivity index (χ4n) is 1.86. The lowest BCUT2D eigenvalue weighted by molar-refractivity contribution is 0.388. The predicted molar refractivity (Wildman–Crippen MR) is 69.0 cm³/mol. The molecule has 103 valence electrons. The molecule has 0 unspecified atom stereocenters. The number of methoxy groups -OCH3 is 1. The van der Waals surface area contributed by atoms with Crippen molar-refractivity contribution in [3.63, 3.8) is 0 Å². The molecule has 0 amide bonds. The number of rotatable bonds is 3. The van der Waals surface area contributed by atoms with Gasteiger partial charge < -0.3 is 4.74 Å². The zero-order valence-corrected chi connectivity index (χ0v) is 10.8. The van der Waals surface area contributed by atoms with E-state index >= 15 is 0 Å².